The van der Waals surface area contributed by atoms with E-state index in [0.717, 1.165) is 59.1 Å². The Bertz CT molecular complexity index is 1560. The normalized spacial score (nSPS) is 13.8. The third-order valence-electron chi connectivity index (χ3n) is 6.88. The maximum absolute atomic E-state index is 13.5. The summed E-state index contributed by atoms with van der Waals surface area (Å²) in [5.74, 6) is 0.808. The summed E-state index contributed by atoms with van der Waals surface area (Å²) < 4.78 is 59.7. The number of nitrogens with zero attached hydrogens (tertiary/aromatic N) is 3. The van der Waals surface area contributed by atoms with Crippen LogP contribution in [-0.4, -0.2) is 26.7 Å². The summed E-state index contributed by atoms with van der Waals surface area (Å²) in [6, 6.07) is 16.5. The quantitative estimate of drug-likeness (QED) is 0.220. The Morgan fingerprint density at radius 2 is 1.98 bits per heavy atom. The molecule has 2 aromatic carbocycles. The molecule has 4 aromatic rings. The lowest BCUT2D eigenvalue weighted by Crippen LogP contribution is -2.18. The molecular weight excluding hydrogens is 537 g/mol. The van der Waals surface area contributed by atoms with Crippen LogP contribution >= 0.6 is 0 Å². The van der Waals surface area contributed by atoms with Crippen LogP contribution in [0.5, 0.6) is 11.6 Å². The number of alkyl halides is 3. The Morgan fingerprint density at radius 3 is 2.60 bits per heavy atom. The van der Waals surface area contributed by atoms with Gasteiger partial charge >= 0.3 is 0 Å². The van der Waals surface area contributed by atoms with Crippen molar-refractivity contribution in [2.24, 2.45) is 0 Å². The molecule has 10 heteroatoms. The standard InChI is InChI=1S/C29H28F2N4O2S.CH3F/c1-3-14-38(36)34-19-9-11-22(18(2)15-19)27-25(17-32)23-12-10-21(16-26(23)35(27)20-6-4-7-20)37-29-24(28(30)31)8-5-13-33-29;1-2/h5,8-13,15-16,20,28,34H,3-4,6-7,14H2,1-2H3;1H3. The van der Waals surface area contributed by atoms with Crippen LogP contribution in [0.4, 0.5) is 18.9 Å². The van der Waals surface area contributed by atoms with E-state index in [4.69, 9.17) is 4.74 Å². The van der Waals surface area contributed by atoms with Crippen molar-refractivity contribution in [3.63, 3.8) is 0 Å². The highest BCUT2D eigenvalue weighted by Gasteiger charge is 2.29. The van der Waals surface area contributed by atoms with Crippen molar-refractivity contribution < 1.29 is 22.1 Å². The summed E-state index contributed by atoms with van der Waals surface area (Å²) >= 11 is 0. The Morgan fingerprint density at radius 1 is 1.20 bits per heavy atom. The summed E-state index contributed by atoms with van der Waals surface area (Å²) in [6.07, 6.45) is 2.59. The maximum Gasteiger partial charge on any atom is 0.269 e. The first-order valence-corrected chi connectivity index (χ1v) is 14.4. The molecule has 1 aliphatic rings. The number of hydrogen-bond donors (Lipinski definition) is 1. The SMILES string of the molecule is CCCS(=O)Nc1ccc(-c2c(C#N)c3ccc(Oc4ncccc4C(F)F)cc3n2C2CCC2)c(C)c1.CF. The molecule has 0 spiro atoms. The fraction of sp³-hybridized carbons (Fsp3) is 0.333. The minimum absolute atomic E-state index is 0.135. The van der Waals surface area contributed by atoms with Crippen LogP contribution in [-0.2, 0) is 11.0 Å². The first-order valence-electron chi connectivity index (χ1n) is 13.0. The van der Waals surface area contributed by atoms with Crippen LogP contribution in [0.25, 0.3) is 22.2 Å². The van der Waals surface area contributed by atoms with Gasteiger partial charge in [-0.3, -0.25) is 4.39 Å². The van der Waals surface area contributed by atoms with Crippen LogP contribution < -0.4 is 9.46 Å². The van der Waals surface area contributed by atoms with Crippen molar-refractivity contribution in [2.45, 2.75) is 52.0 Å². The van der Waals surface area contributed by atoms with E-state index >= 15 is 0 Å². The van der Waals surface area contributed by atoms with Gasteiger partial charge in [0.05, 0.1) is 29.5 Å². The smallest absolute Gasteiger partial charge is 0.269 e. The van der Waals surface area contributed by atoms with Gasteiger partial charge in [-0.25, -0.2) is 18.0 Å². The lowest BCUT2D eigenvalue weighted by Gasteiger charge is -2.30. The van der Waals surface area contributed by atoms with Crippen molar-refractivity contribution >= 4 is 27.6 Å². The number of benzene rings is 2. The second-order valence-electron chi connectivity index (χ2n) is 9.45. The van der Waals surface area contributed by atoms with Gasteiger partial charge in [-0.2, -0.15) is 5.26 Å². The average molecular weight is 569 g/mol. The lowest BCUT2D eigenvalue weighted by molar-refractivity contribution is 0.147. The van der Waals surface area contributed by atoms with Gasteiger partial charge in [0.1, 0.15) is 22.8 Å². The number of aryl methyl sites for hydroxylation is 1. The molecule has 1 N–H and O–H groups in total. The molecule has 1 saturated carbocycles. The van der Waals surface area contributed by atoms with E-state index in [2.05, 4.69) is 20.3 Å². The zero-order valence-corrected chi connectivity index (χ0v) is 23.4. The second-order valence-corrected chi connectivity index (χ2v) is 10.8. The largest absolute Gasteiger partial charge is 0.438 e. The molecule has 210 valence electrons. The zero-order chi connectivity index (χ0) is 28.8. The van der Waals surface area contributed by atoms with E-state index in [1.165, 1.54) is 18.3 Å². The van der Waals surface area contributed by atoms with Crippen LogP contribution in [0.1, 0.15) is 61.8 Å². The van der Waals surface area contributed by atoms with E-state index in [1.54, 1.807) is 12.1 Å². The number of nitrogens with one attached hydrogen (secondary N) is 1. The van der Waals surface area contributed by atoms with Crippen LogP contribution in [0.3, 0.4) is 0 Å². The highest BCUT2D eigenvalue weighted by molar-refractivity contribution is 7.86. The molecule has 0 aliphatic heterocycles. The van der Waals surface area contributed by atoms with Crippen LogP contribution in [0, 0.1) is 18.3 Å². The molecular formula is C30H31F3N4O2S. The predicted molar refractivity (Wildman–Crippen MR) is 153 cm³/mol. The Kier molecular flexibility index (Phi) is 9.48. The number of aromatic nitrogens is 2. The summed E-state index contributed by atoms with van der Waals surface area (Å²) in [5, 5.41) is 11.0. The Balaban J connectivity index is 0.00000181. The number of fused-ring (bicyclic) bond motifs is 1. The molecule has 40 heavy (non-hydrogen) atoms. The fourth-order valence-corrected chi connectivity index (χ4v) is 5.75. The Labute approximate surface area is 234 Å². The van der Waals surface area contributed by atoms with Crippen molar-refractivity contribution in [3.05, 3.63) is 71.4 Å². The minimum Gasteiger partial charge on any atom is -0.438 e. The molecule has 1 unspecified atom stereocenters. The van der Waals surface area contributed by atoms with Crippen molar-refractivity contribution in [2.75, 3.05) is 17.7 Å². The first kappa shape index (κ1) is 29.2. The minimum atomic E-state index is -2.71. The average Bonchev–Trinajstić information content (AvgIpc) is 3.22. The summed E-state index contributed by atoms with van der Waals surface area (Å²) in [5.41, 5.74) is 4.57. The number of anilines is 1. The van der Waals surface area contributed by atoms with Crippen molar-refractivity contribution in [1.29, 1.82) is 5.26 Å². The number of hydrogen-bond acceptors (Lipinski definition) is 4. The molecule has 5 rings (SSSR count). The van der Waals surface area contributed by atoms with Crippen LogP contribution in [0.15, 0.2) is 54.7 Å². The predicted octanol–water partition coefficient (Wildman–Crippen LogP) is 8.41. The molecule has 0 radical (unpaired) electrons. The molecule has 1 atom stereocenters. The van der Waals surface area contributed by atoms with E-state index in [-0.39, 0.29) is 17.5 Å². The van der Waals surface area contributed by atoms with Gasteiger partial charge in [0.15, 0.2) is 0 Å². The summed E-state index contributed by atoms with van der Waals surface area (Å²) in [7, 11) is -0.651. The number of rotatable bonds is 9. The Hall–Kier alpha value is -3.84. The third kappa shape index (κ3) is 5.85. The molecule has 1 fully saturated rings. The van der Waals surface area contributed by atoms with Gasteiger partial charge in [0, 0.05) is 40.7 Å². The second kappa shape index (κ2) is 13.0. The van der Waals surface area contributed by atoms with Gasteiger partial charge in [-0.15, -0.1) is 0 Å². The molecule has 1 aliphatic carbocycles. The fourth-order valence-electron chi connectivity index (χ4n) is 4.88. The van der Waals surface area contributed by atoms with Crippen molar-refractivity contribution in [3.8, 4) is 29.0 Å². The van der Waals surface area contributed by atoms with Gasteiger partial charge in [-0.05, 0) is 74.6 Å². The van der Waals surface area contributed by atoms with Gasteiger partial charge in [-0.1, -0.05) is 13.0 Å². The topological polar surface area (TPSA) is 79.9 Å². The van der Waals surface area contributed by atoms with E-state index in [0.29, 0.717) is 24.2 Å². The summed E-state index contributed by atoms with van der Waals surface area (Å²) in [4.78, 5) is 4.01. The summed E-state index contributed by atoms with van der Waals surface area (Å²) in [6.45, 7) is 3.97. The van der Waals surface area contributed by atoms with Gasteiger partial charge in [0.25, 0.3) is 6.43 Å². The maximum atomic E-state index is 13.5. The number of ether oxygens (including phenoxy) is 1. The van der Waals surface area contributed by atoms with E-state index in [9.17, 15) is 22.6 Å². The van der Waals surface area contributed by atoms with Gasteiger partial charge < -0.3 is 14.0 Å². The number of halogens is 3. The van der Waals surface area contributed by atoms with Gasteiger partial charge in [0.2, 0.25) is 5.88 Å². The highest BCUT2D eigenvalue weighted by atomic mass is 32.2. The van der Waals surface area contributed by atoms with E-state index in [1.807, 2.05) is 38.1 Å². The monoisotopic (exact) mass is 568 g/mol. The number of nitriles is 1. The zero-order valence-electron chi connectivity index (χ0n) is 22.6. The third-order valence-corrected chi connectivity index (χ3v) is 8.12. The highest BCUT2D eigenvalue weighted by Crippen LogP contribution is 2.44. The van der Waals surface area contributed by atoms with E-state index < -0.39 is 17.4 Å². The first-order chi connectivity index (χ1) is 19.4. The molecule has 0 bridgehead atoms. The molecule has 6 nitrogen and oxygen atoms in total. The molecule has 2 aromatic heterocycles. The lowest BCUT2D eigenvalue weighted by atomic mass is 9.91. The molecule has 0 saturated heterocycles. The number of pyridine rings is 1. The van der Waals surface area contributed by atoms with Crippen molar-refractivity contribution in [1.82, 2.24) is 9.55 Å². The van der Waals surface area contributed by atoms with Crippen LogP contribution in [0.2, 0.25) is 0 Å². The molecule has 2 heterocycles. The molecule has 0 amide bonds.